The van der Waals surface area contributed by atoms with Crippen LogP contribution in [-0.2, 0) is 21.0 Å². The van der Waals surface area contributed by atoms with Gasteiger partial charge in [0.1, 0.15) is 0 Å². The van der Waals surface area contributed by atoms with Crippen LogP contribution in [-0.4, -0.2) is 33.7 Å². The van der Waals surface area contributed by atoms with Crippen molar-refractivity contribution >= 4 is 33.2 Å². The summed E-state index contributed by atoms with van der Waals surface area (Å²) in [6.45, 7) is 1.98. The molecule has 1 rings (SSSR count). The second-order valence-corrected chi connectivity index (χ2v) is 7.41. The summed E-state index contributed by atoms with van der Waals surface area (Å²) in [5.41, 5.74) is -1.33. The molecular weight excluding hydrogens is 369 g/mol. The third-order valence-electron chi connectivity index (χ3n) is 3.06. The molecule has 24 heavy (non-hydrogen) atoms. The second-order valence-electron chi connectivity index (χ2n) is 5.10. The van der Waals surface area contributed by atoms with Gasteiger partial charge in [-0.15, -0.1) is 0 Å². The van der Waals surface area contributed by atoms with Crippen molar-refractivity contribution in [3.8, 4) is 0 Å². The zero-order chi connectivity index (χ0) is 18.5. The van der Waals surface area contributed by atoms with Gasteiger partial charge in [-0.25, -0.2) is 8.42 Å². The normalized spacial score (nSPS) is 12.1. The summed E-state index contributed by atoms with van der Waals surface area (Å²) < 4.78 is 63.1. The predicted octanol–water partition coefficient (Wildman–Crippen LogP) is 3.04. The second kappa shape index (κ2) is 8.06. The lowest BCUT2D eigenvalue weighted by Crippen LogP contribution is -2.35. The number of hydrogen-bond donors (Lipinski definition) is 1. The Hall–Kier alpha value is -1.48. The number of anilines is 1. The lowest BCUT2D eigenvalue weighted by molar-refractivity contribution is -0.137. The van der Waals surface area contributed by atoms with Crippen molar-refractivity contribution in [2.75, 3.05) is 23.7 Å². The van der Waals surface area contributed by atoms with E-state index in [1.54, 1.807) is 0 Å². The first-order valence-corrected chi connectivity index (χ1v) is 9.30. The van der Waals surface area contributed by atoms with E-state index < -0.39 is 27.7 Å². The molecule has 0 heterocycles. The highest BCUT2D eigenvalue weighted by atomic mass is 35.5. The highest BCUT2D eigenvalue weighted by Gasteiger charge is 2.32. The van der Waals surface area contributed by atoms with Crippen molar-refractivity contribution in [3.05, 3.63) is 28.8 Å². The van der Waals surface area contributed by atoms with Gasteiger partial charge in [0.05, 0.1) is 22.5 Å². The van der Waals surface area contributed by atoms with E-state index in [4.69, 9.17) is 11.6 Å². The van der Waals surface area contributed by atoms with E-state index in [1.165, 1.54) is 0 Å². The number of carbonyl (C=O) groups is 1. The Morgan fingerprint density at radius 3 is 2.46 bits per heavy atom. The van der Waals surface area contributed by atoms with Gasteiger partial charge >= 0.3 is 6.18 Å². The van der Waals surface area contributed by atoms with Gasteiger partial charge < -0.3 is 5.32 Å². The minimum absolute atomic E-state index is 0.151. The minimum atomic E-state index is -4.64. The number of alkyl halides is 3. The van der Waals surface area contributed by atoms with Gasteiger partial charge in [0, 0.05) is 19.5 Å². The fraction of sp³-hybridized carbons (Fsp3) is 0.500. The molecule has 0 unspecified atom stereocenters. The van der Waals surface area contributed by atoms with E-state index in [1.807, 2.05) is 6.92 Å². The molecule has 0 atom stereocenters. The molecule has 0 saturated carbocycles. The van der Waals surface area contributed by atoms with E-state index >= 15 is 0 Å². The van der Waals surface area contributed by atoms with Crippen molar-refractivity contribution in [3.63, 3.8) is 0 Å². The van der Waals surface area contributed by atoms with E-state index in [9.17, 15) is 26.4 Å². The van der Waals surface area contributed by atoms with Crippen LogP contribution in [0.1, 0.15) is 25.3 Å². The van der Waals surface area contributed by atoms with Gasteiger partial charge in [-0.05, 0) is 24.6 Å². The van der Waals surface area contributed by atoms with Crippen LogP contribution in [0.2, 0.25) is 5.02 Å². The summed E-state index contributed by atoms with van der Waals surface area (Å²) >= 11 is 5.87. The molecule has 10 heteroatoms. The van der Waals surface area contributed by atoms with Crippen molar-refractivity contribution in [1.82, 2.24) is 5.32 Å². The largest absolute Gasteiger partial charge is 0.416 e. The predicted molar refractivity (Wildman–Crippen MR) is 86.6 cm³/mol. The number of amides is 1. The van der Waals surface area contributed by atoms with Gasteiger partial charge in [0.15, 0.2) is 0 Å². The van der Waals surface area contributed by atoms with Crippen molar-refractivity contribution in [2.24, 2.45) is 0 Å². The van der Waals surface area contributed by atoms with Crippen LogP contribution in [0.5, 0.6) is 0 Å². The summed E-state index contributed by atoms with van der Waals surface area (Å²) in [6, 6.07) is 2.41. The number of hydrogen-bond acceptors (Lipinski definition) is 3. The number of nitrogens with one attached hydrogen (secondary N) is 1. The van der Waals surface area contributed by atoms with E-state index in [-0.39, 0.29) is 23.7 Å². The van der Waals surface area contributed by atoms with Crippen LogP contribution in [0, 0.1) is 0 Å². The van der Waals surface area contributed by atoms with Crippen LogP contribution < -0.4 is 9.62 Å². The maximum Gasteiger partial charge on any atom is 0.416 e. The molecule has 0 aromatic heterocycles. The van der Waals surface area contributed by atoms with Gasteiger partial charge in [0.2, 0.25) is 15.9 Å². The Labute approximate surface area is 143 Å². The number of nitrogens with zero attached hydrogens (tertiary/aromatic N) is 1. The molecule has 0 aliphatic heterocycles. The summed E-state index contributed by atoms with van der Waals surface area (Å²) in [5, 5.41) is 2.42. The Kier molecular flexibility index (Phi) is 6.91. The fourth-order valence-corrected chi connectivity index (χ4v) is 3.10. The maximum absolute atomic E-state index is 12.8. The average molecular weight is 387 g/mol. The standard InChI is InChI=1S/C14H18ClF3N2O3S/c1-3-7-19-13(21)6-8-20(24(2,22)23)12-9-10(14(16,17)18)4-5-11(12)15/h4-5,9H,3,6-8H2,1-2H3,(H,19,21). The monoisotopic (exact) mass is 386 g/mol. The van der Waals surface area contributed by atoms with Crippen molar-refractivity contribution in [1.29, 1.82) is 0 Å². The number of halogens is 4. The van der Waals surface area contributed by atoms with Gasteiger partial charge in [-0.1, -0.05) is 18.5 Å². The van der Waals surface area contributed by atoms with E-state index in [0.717, 1.165) is 18.4 Å². The summed E-state index contributed by atoms with van der Waals surface area (Å²) in [6.07, 6.45) is -3.28. The van der Waals surface area contributed by atoms with E-state index in [2.05, 4.69) is 5.32 Å². The molecule has 1 N–H and O–H groups in total. The highest BCUT2D eigenvalue weighted by Crippen LogP contribution is 2.36. The maximum atomic E-state index is 12.8. The Balaban J connectivity index is 3.12. The number of rotatable bonds is 7. The zero-order valence-electron chi connectivity index (χ0n) is 13.2. The SMILES string of the molecule is CCCNC(=O)CCN(c1cc(C(F)(F)F)ccc1Cl)S(C)(=O)=O. The van der Waals surface area contributed by atoms with Crippen molar-refractivity contribution in [2.45, 2.75) is 25.9 Å². The molecule has 136 valence electrons. The Morgan fingerprint density at radius 2 is 1.96 bits per heavy atom. The lowest BCUT2D eigenvalue weighted by Gasteiger charge is -2.24. The van der Waals surface area contributed by atoms with Crippen molar-refractivity contribution < 1.29 is 26.4 Å². The lowest BCUT2D eigenvalue weighted by atomic mass is 10.2. The number of benzene rings is 1. The van der Waals surface area contributed by atoms with Gasteiger partial charge in [-0.2, -0.15) is 13.2 Å². The molecule has 0 aliphatic carbocycles. The third kappa shape index (κ3) is 5.86. The fourth-order valence-electron chi connectivity index (χ4n) is 1.90. The van der Waals surface area contributed by atoms with Gasteiger partial charge in [-0.3, -0.25) is 9.10 Å². The minimum Gasteiger partial charge on any atom is -0.356 e. The summed E-state index contributed by atoms with van der Waals surface area (Å²) in [7, 11) is -3.92. The number of carbonyl (C=O) groups excluding carboxylic acids is 1. The van der Waals surface area contributed by atoms with Gasteiger partial charge in [0.25, 0.3) is 0 Å². The highest BCUT2D eigenvalue weighted by molar-refractivity contribution is 7.92. The molecule has 0 radical (unpaired) electrons. The summed E-state index contributed by atoms with van der Waals surface area (Å²) in [4.78, 5) is 11.6. The quantitative estimate of drug-likeness (QED) is 0.783. The molecule has 1 aromatic carbocycles. The molecule has 0 aliphatic rings. The molecule has 0 fully saturated rings. The number of sulfonamides is 1. The Bertz CT molecular complexity index is 693. The van der Waals surface area contributed by atoms with Crippen LogP contribution in [0.15, 0.2) is 18.2 Å². The smallest absolute Gasteiger partial charge is 0.356 e. The zero-order valence-corrected chi connectivity index (χ0v) is 14.7. The molecule has 0 spiro atoms. The Morgan fingerprint density at radius 1 is 1.33 bits per heavy atom. The van der Waals surface area contributed by atoms with Crippen LogP contribution in [0.25, 0.3) is 0 Å². The van der Waals surface area contributed by atoms with Crippen LogP contribution >= 0.6 is 11.6 Å². The first kappa shape index (κ1) is 20.6. The molecule has 5 nitrogen and oxygen atoms in total. The average Bonchev–Trinajstić information content (AvgIpc) is 2.44. The van der Waals surface area contributed by atoms with Crippen LogP contribution in [0.4, 0.5) is 18.9 Å². The first-order chi connectivity index (χ1) is 11.0. The van der Waals surface area contributed by atoms with Crippen LogP contribution in [0.3, 0.4) is 0 Å². The summed E-state index contributed by atoms with van der Waals surface area (Å²) in [5.74, 6) is -0.395. The molecule has 0 saturated heterocycles. The molecule has 0 bridgehead atoms. The molecular formula is C14H18ClF3N2O3S. The van der Waals surface area contributed by atoms with E-state index in [0.29, 0.717) is 23.3 Å². The topological polar surface area (TPSA) is 66.5 Å². The molecule has 1 amide bonds. The third-order valence-corrected chi connectivity index (χ3v) is 4.56. The first-order valence-electron chi connectivity index (χ1n) is 7.08. The molecule has 1 aromatic rings.